The smallest absolute Gasteiger partial charge is 0.264 e. The monoisotopic (exact) mass is 472 g/mol. The van der Waals surface area contributed by atoms with Crippen molar-refractivity contribution in [2.75, 3.05) is 7.11 Å². The zero-order valence-electron chi connectivity index (χ0n) is 13.2. The Morgan fingerprint density at radius 1 is 1.31 bits per heavy atom. The summed E-state index contributed by atoms with van der Waals surface area (Å²) in [5.41, 5.74) is 1.16. The minimum Gasteiger partial charge on any atom is -0.503 e. The van der Waals surface area contributed by atoms with E-state index in [1.54, 1.807) is 36.4 Å². The Labute approximate surface area is 172 Å². The lowest BCUT2D eigenvalue weighted by Gasteiger charge is -2.06. The van der Waals surface area contributed by atoms with Crippen molar-refractivity contribution in [2.45, 2.75) is 0 Å². The highest BCUT2D eigenvalue weighted by molar-refractivity contribution is 9.10. The molecule has 1 heterocycles. The van der Waals surface area contributed by atoms with Crippen molar-refractivity contribution in [2.24, 2.45) is 4.99 Å². The number of rotatable bonds is 3. The van der Waals surface area contributed by atoms with E-state index in [2.05, 4.69) is 26.2 Å². The molecule has 26 heavy (non-hydrogen) atoms. The highest BCUT2D eigenvalue weighted by Gasteiger charge is 2.24. The van der Waals surface area contributed by atoms with Crippen molar-refractivity contribution in [1.29, 1.82) is 0 Å². The predicted octanol–water partition coefficient (Wildman–Crippen LogP) is 5.36. The molecule has 0 unspecified atom stereocenters. The van der Waals surface area contributed by atoms with Crippen LogP contribution in [0.4, 0.5) is 5.69 Å². The molecule has 9 heteroatoms. The van der Waals surface area contributed by atoms with Crippen LogP contribution in [0.25, 0.3) is 6.08 Å². The number of nitrogens with one attached hydrogen (secondary N) is 1. The second-order valence-electron chi connectivity index (χ2n) is 5.13. The third kappa shape index (κ3) is 4.17. The van der Waals surface area contributed by atoms with Gasteiger partial charge in [0.05, 0.1) is 27.2 Å². The number of aromatic hydroxyl groups is 1. The second-order valence-corrected chi connectivity index (χ2v) is 7.86. The summed E-state index contributed by atoms with van der Waals surface area (Å²) >= 11 is 16.5. The van der Waals surface area contributed by atoms with Crippen LogP contribution in [0.5, 0.6) is 11.5 Å². The van der Waals surface area contributed by atoms with E-state index in [-0.39, 0.29) is 11.7 Å². The molecule has 134 valence electrons. The number of phenolic OH excluding ortho intramolecular Hbond substituents is 1. The van der Waals surface area contributed by atoms with Crippen molar-refractivity contribution in [1.82, 2.24) is 5.32 Å². The van der Waals surface area contributed by atoms with Crippen molar-refractivity contribution in [3.63, 3.8) is 0 Å². The van der Waals surface area contributed by atoms with Crippen LogP contribution in [0.3, 0.4) is 0 Å². The molecule has 0 aromatic heterocycles. The SMILES string of the molecule is COc1cc(/C=C2/SC(=Nc3cc(Cl)ccc3Cl)NC2=O)cc(Br)c1O. The van der Waals surface area contributed by atoms with Gasteiger partial charge in [-0.25, -0.2) is 4.99 Å². The fraction of sp³-hybridized carbons (Fsp3) is 0.0588. The largest absolute Gasteiger partial charge is 0.503 e. The number of aliphatic imine (C=N–C) groups is 1. The number of amidine groups is 1. The third-order valence-corrected chi connectivity index (χ3v) is 5.42. The first-order chi connectivity index (χ1) is 12.4. The van der Waals surface area contributed by atoms with E-state index < -0.39 is 0 Å². The minimum absolute atomic E-state index is 0.00368. The Morgan fingerprint density at radius 3 is 2.81 bits per heavy atom. The molecular weight excluding hydrogens is 463 g/mol. The summed E-state index contributed by atoms with van der Waals surface area (Å²) in [5.74, 6) is 0.0142. The number of hydrogen-bond acceptors (Lipinski definition) is 5. The van der Waals surface area contributed by atoms with Crippen LogP contribution in [0, 0.1) is 0 Å². The van der Waals surface area contributed by atoms with Crippen LogP contribution in [0.2, 0.25) is 10.0 Å². The lowest BCUT2D eigenvalue weighted by atomic mass is 10.2. The number of carbonyl (C=O) groups excluding carboxylic acids is 1. The zero-order valence-corrected chi connectivity index (χ0v) is 17.1. The van der Waals surface area contributed by atoms with Gasteiger partial charge in [-0.2, -0.15) is 0 Å². The molecule has 5 nitrogen and oxygen atoms in total. The molecule has 1 aliphatic rings. The number of benzene rings is 2. The Kier molecular flexibility index (Phi) is 5.82. The van der Waals surface area contributed by atoms with Gasteiger partial charge in [0, 0.05) is 5.02 Å². The summed E-state index contributed by atoms with van der Waals surface area (Å²) in [7, 11) is 1.45. The number of carbonyl (C=O) groups is 1. The first kappa shape index (κ1) is 19.1. The number of nitrogens with zero attached hydrogens (tertiary/aromatic N) is 1. The van der Waals surface area contributed by atoms with Crippen LogP contribution in [-0.4, -0.2) is 23.3 Å². The van der Waals surface area contributed by atoms with Gasteiger partial charge < -0.3 is 15.2 Å². The minimum atomic E-state index is -0.282. The number of thioether (sulfide) groups is 1. The van der Waals surface area contributed by atoms with E-state index in [0.29, 0.717) is 41.6 Å². The Hall–Kier alpha value is -1.67. The van der Waals surface area contributed by atoms with Crippen LogP contribution in [0.15, 0.2) is 44.7 Å². The van der Waals surface area contributed by atoms with Gasteiger partial charge in [0.2, 0.25) is 0 Å². The molecule has 1 amide bonds. The summed E-state index contributed by atoms with van der Waals surface area (Å²) in [5, 5.41) is 13.9. The molecule has 0 spiro atoms. The number of amides is 1. The quantitative estimate of drug-likeness (QED) is 0.588. The van der Waals surface area contributed by atoms with Gasteiger partial charge >= 0.3 is 0 Å². The number of hydrogen-bond donors (Lipinski definition) is 2. The standard InChI is InChI=1S/C17H11BrCl2N2O3S/c1-25-13-5-8(4-10(18)15(13)23)6-14-16(24)22-17(26-14)21-12-7-9(19)2-3-11(12)20/h2-7,23H,1H3,(H,21,22,24)/b14-6+. The summed E-state index contributed by atoms with van der Waals surface area (Å²) in [6, 6.07) is 8.23. The number of halogens is 3. The zero-order chi connectivity index (χ0) is 18.8. The van der Waals surface area contributed by atoms with E-state index in [9.17, 15) is 9.90 Å². The summed E-state index contributed by atoms with van der Waals surface area (Å²) in [6.45, 7) is 0. The van der Waals surface area contributed by atoms with E-state index in [1.165, 1.54) is 18.9 Å². The van der Waals surface area contributed by atoms with E-state index in [0.717, 1.165) is 0 Å². The molecule has 1 saturated heterocycles. The lowest BCUT2D eigenvalue weighted by molar-refractivity contribution is -0.115. The van der Waals surface area contributed by atoms with Crippen LogP contribution >= 0.6 is 50.9 Å². The molecule has 0 bridgehead atoms. The van der Waals surface area contributed by atoms with Gasteiger partial charge in [-0.05, 0) is 69.7 Å². The first-order valence-electron chi connectivity index (χ1n) is 7.18. The second kappa shape index (κ2) is 7.92. The van der Waals surface area contributed by atoms with Gasteiger partial charge in [-0.3, -0.25) is 4.79 Å². The van der Waals surface area contributed by atoms with Crippen molar-refractivity contribution in [3.05, 3.63) is 55.3 Å². The van der Waals surface area contributed by atoms with Gasteiger partial charge in [0.25, 0.3) is 5.91 Å². The molecule has 0 radical (unpaired) electrons. The van der Waals surface area contributed by atoms with Gasteiger partial charge in [0.15, 0.2) is 16.7 Å². The highest BCUT2D eigenvalue weighted by Crippen LogP contribution is 2.37. The van der Waals surface area contributed by atoms with E-state index in [1.807, 2.05) is 0 Å². The number of methoxy groups -OCH3 is 1. The molecule has 1 fully saturated rings. The van der Waals surface area contributed by atoms with Crippen LogP contribution in [-0.2, 0) is 4.79 Å². The number of ether oxygens (including phenoxy) is 1. The maximum absolute atomic E-state index is 12.2. The Bertz CT molecular complexity index is 963. The topological polar surface area (TPSA) is 70.9 Å². The molecular formula is C17H11BrCl2N2O3S. The summed E-state index contributed by atoms with van der Waals surface area (Å²) in [4.78, 5) is 17.0. The third-order valence-electron chi connectivity index (χ3n) is 3.35. The highest BCUT2D eigenvalue weighted by atomic mass is 79.9. The van der Waals surface area contributed by atoms with Crippen molar-refractivity contribution in [3.8, 4) is 11.5 Å². The predicted molar refractivity (Wildman–Crippen MR) is 110 cm³/mol. The van der Waals surface area contributed by atoms with Crippen LogP contribution in [0.1, 0.15) is 5.56 Å². The van der Waals surface area contributed by atoms with E-state index in [4.69, 9.17) is 27.9 Å². The maximum atomic E-state index is 12.2. The van der Waals surface area contributed by atoms with Gasteiger partial charge in [0.1, 0.15) is 0 Å². The van der Waals surface area contributed by atoms with E-state index >= 15 is 0 Å². The van der Waals surface area contributed by atoms with Crippen molar-refractivity contribution >= 4 is 73.7 Å². The average molecular weight is 474 g/mol. The fourth-order valence-corrected chi connectivity index (χ4v) is 3.77. The maximum Gasteiger partial charge on any atom is 0.264 e. The fourth-order valence-electron chi connectivity index (χ4n) is 2.15. The summed E-state index contributed by atoms with van der Waals surface area (Å²) in [6.07, 6.45) is 1.68. The molecule has 1 aliphatic heterocycles. The molecule has 0 aliphatic carbocycles. The lowest BCUT2D eigenvalue weighted by Crippen LogP contribution is -2.19. The Balaban J connectivity index is 1.91. The first-order valence-corrected chi connectivity index (χ1v) is 9.55. The van der Waals surface area contributed by atoms with Crippen LogP contribution < -0.4 is 10.1 Å². The molecule has 2 N–H and O–H groups in total. The van der Waals surface area contributed by atoms with Crippen molar-refractivity contribution < 1.29 is 14.6 Å². The molecule has 3 rings (SSSR count). The molecule has 0 saturated carbocycles. The summed E-state index contributed by atoms with van der Waals surface area (Å²) < 4.78 is 5.58. The Morgan fingerprint density at radius 2 is 2.08 bits per heavy atom. The molecule has 2 aromatic carbocycles. The van der Waals surface area contributed by atoms with Gasteiger partial charge in [-0.15, -0.1) is 0 Å². The number of phenols is 1. The normalized spacial score (nSPS) is 17.0. The van der Waals surface area contributed by atoms with Gasteiger partial charge in [-0.1, -0.05) is 23.2 Å². The average Bonchev–Trinajstić information content (AvgIpc) is 2.93. The molecule has 0 atom stereocenters. The molecule has 2 aromatic rings.